The van der Waals surface area contributed by atoms with Gasteiger partial charge in [-0.1, -0.05) is 41.9 Å². The van der Waals surface area contributed by atoms with E-state index >= 15 is 0 Å². The highest BCUT2D eigenvalue weighted by atomic mass is 35.5. The molecule has 2 atom stereocenters. The van der Waals surface area contributed by atoms with E-state index in [9.17, 15) is 22.4 Å². The van der Waals surface area contributed by atoms with Crippen LogP contribution in [0, 0.1) is 5.82 Å². The van der Waals surface area contributed by atoms with Crippen molar-refractivity contribution in [2.24, 2.45) is 4.99 Å². The number of hydrogen-bond donors (Lipinski definition) is 1. The molecular formula is C19H15ClF4N2O2. The third kappa shape index (κ3) is 4.11. The molecule has 3 rings (SSSR count). The SMILES string of the molecule is C[C@@]1(c2cccc(Cl)c2F)C[C@@H](C(F)(F)F)OC(NC(=O)c2ccccc2)=N1. The van der Waals surface area contributed by atoms with Crippen LogP contribution in [-0.4, -0.2) is 24.2 Å². The van der Waals surface area contributed by atoms with E-state index in [0.717, 1.165) is 0 Å². The average molecular weight is 415 g/mol. The number of hydrogen-bond acceptors (Lipinski definition) is 3. The van der Waals surface area contributed by atoms with Gasteiger partial charge in [-0.3, -0.25) is 10.1 Å². The molecule has 0 spiro atoms. The van der Waals surface area contributed by atoms with Gasteiger partial charge in [-0.05, 0) is 25.1 Å². The van der Waals surface area contributed by atoms with Gasteiger partial charge in [0.1, 0.15) is 5.82 Å². The van der Waals surface area contributed by atoms with E-state index in [2.05, 4.69) is 10.3 Å². The fraction of sp³-hybridized carbons (Fsp3) is 0.263. The van der Waals surface area contributed by atoms with Crippen molar-refractivity contribution in [2.45, 2.75) is 31.2 Å². The molecule has 0 unspecified atom stereocenters. The predicted octanol–water partition coefficient (Wildman–Crippen LogP) is 4.83. The number of nitrogens with zero attached hydrogens (tertiary/aromatic N) is 1. The summed E-state index contributed by atoms with van der Waals surface area (Å²) >= 11 is 5.78. The first-order chi connectivity index (χ1) is 13.1. The van der Waals surface area contributed by atoms with Crippen molar-refractivity contribution >= 4 is 23.5 Å². The highest BCUT2D eigenvalue weighted by Gasteiger charge is 2.50. The Kier molecular flexibility index (Phi) is 5.34. The van der Waals surface area contributed by atoms with Crippen LogP contribution in [0.5, 0.6) is 0 Å². The Labute approximate surface area is 163 Å². The van der Waals surface area contributed by atoms with Crippen LogP contribution in [0.4, 0.5) is 17.6 Å². The Morgan fingerprint density at radius 1 is 1.21 bits per heavy atom. The molecule has 1 heterocycles. The Hall–Kier alpha value is -2.61. The van der Waals surface area contributed by atoms with Crippen LogP contribution in [0.2, 0.25) is 5.02 Å². The smallest absolute Gasteiger partial charge is 0.425 e. The lowest BCUT2D eigenvalue weighted by Crippen LogP contribution is -2.48. The molecular weight excluding hydrogens is 400 g/mol. The van der Waals surface area contributed by atoms with Gasteiger partial charge in [0, 0.05) is 17.5 Å². The maximum Gasteiger partial charge on any atom is 0.425 e. The second-order valence-electron chi connectivity index (χ2n) is 6.46. The molecule has 9 heteroatoms. The molecule has 1 aliphatic rings. The predicted molar refractivity (Wildman–Crippen MR) is 95.7 cm³/mol. The van der Waals surface area contributed by atoms with Crippen LogP contribution in [-0.2, 0) is 10.3 Å². The Morgan fingerprint density at radius 3 is 2.54 bits per heavy atom. The summed E-state index contributed by atoms with van der Waals surface area (Å²) in [5.41, 5.74) is -1.56. The first-order valence-corrected chi connectivity index (χ1v) is 8.62. The number of ether oxygens (including phenoxy) is 1. The molecule has 2 aromatic carbocycles. The van der Waals surface area contributed by atoms with E-state index in [1.54, 1.807) is 18.2 Å². The summed E-state index contributed by atoms with van der Waals surface area (Å²) in [6.07, 6.45) is -7.69. The molecule has 148 valence electrons. The monoisotopic (exact) mass is 414 g/mol. The van der Waals surface area contributed by atoms with Gasteiger partial charge in [0.15, 0.2) is 6.10 Å². The second-order valence-corrected chi connectivity index (χ2v) is 6.87. The zero-order valence-electron chi connectivity index (χ0n) is 14.6. The highest BCUT2D eigenvalue weighted by Crippen LogP contribution is 2.41. The maximum absolute atomic E-state index is 14.5. The Balaban J connectivity index is 2.00. The molecule has 0 saturated heterocycles. The van der Waals surface area contributed by atoms with Crippen molar-refractivity contribution in [3.63, 3.8) is 0 Å². The third-order valence-electron chi connectivity index (χ3n) is 4.34. The Morgan fingerprint density at radius 2 is 1.89 bits per heavy atom. The number of halogens is 5. The van der Waals surface area contributed by atoms with E-state index in [0.29, 0.717) is 0 Å². The van der Waals surface area contributed by atoms with Gasteiger partial charge in [0.05, 0.1) is 10.6 Å². The number of benzene rings is 2. The van der Waals surface area contributed by atoms with E-state index in [1.165, 1.54) is 37.3 Å². The summed E-state index contributed by atoms with van der Waals surface area (Å²) in [6.45, 7) is 1.33. The zero-order chi connectivity index (χ0) is 20.5. The number of carbonyl (C=O) groups is 1. The van der Waals surface area contributed by atoms with Gasteiger partial charge in [0.25, 0.3) is 11.9 Å². The van der Waals surface area contributed by atoms with E-state index in [1.807, 2.05) is 0 Å². The van der Waals surface area contributed by atoms with E-state index in [4.69, 9.17) is 16.3 Å². The molecule has 0 radical (unpaired) electrons. The van der Waals surface area contributed by atoms with Gasteiger partial charge >= 0.3 is 6.18 Å². The maximum atomic E-state index is 14.5. The highest BCUT2D eigenvalue weighted by molar-refractivity contribution is 6.30. The molecule has 1 N–H and O–H groups in total. The number of alkyl halides is 3. The molecule has 0 aliphatic carbocycles. The quantitative estimate of drug-likeness (QED) is 0.715. The largest absolute Gasteiger partial charge is 0.452 e. The molecule has 1 amide bonds. The number of amides is 1. The molecule has 2 aromatic rings. The summed E-state index contributed by atoms with van der Waals surface area (Å²) in [7, 11) is 0. The number of aliphatic imine (C=N–C) groups is 1. The van der Waals surface area contributed by atoms with Gasteiger partial charge < -0.3 is 4.74 Å². The van der Waals surface area contributed by atoms with Crippen LogP contribution >= 0.6 is 11.6 Å². The number of nitrogens with one attached hydrogen (secondary N) is 1. The van der Waals surface area contributed by atoms with Crippen LogP contribution in [0.3, 0.4) is 0 Å². The van der Waals surface area contributed by atoms with Gasteiger partial charge in [0.2, 0.25) is 0 Å². The minimum absolute atomic E-state index is 0.121. The van der Waals surface area contributed by atoms with Crippen molar-refractivity contribution in [2.75, 3.05) is 0 Å². The van der Waals surface area contributed by atoms with Crippen LogP contribution in [0.25, 0.3) is 0 Å². The topological polar surface area (TPSA) is 50.7 Å². The third-order valence-corrected chi connectivity index (χ3v) is 4.63. The lowest BCUT2D eigenvalue weighted by atomic mass is 9.85. The summed E-state index contributed by atoms with van der Waals surface area (Å²) < 4.78 is 59.6. The summed E-state index contributed by atoms with van der Waals surface area (Å²) in [5, 5.41) is 1.99. The fourth-order valence-corrected chi connectivity index (χ4v) is 3.10. The van der Waals surface area contributed by atoms with Gasteiger partial charge in [-0.2, -0.15) is 13.2 Å². The van der Waals surface area contributed by atoms with Crippen LogP contribution < -0.4 is 5.32 Å². The van der Waals surface area contributed by atoms with Crippen molar-refractivity contribution in [1.29, 1.82) is 0 Å². The standard InChI is InChI=1S/C19H15ClF4N2O2/c1-18(12-8-5-9-13(20)15(12)21)10-14(19(22,23)24)28-17(26-18)25-16(27)11-6-3-2-4-7-11/h2-9,14H,10H2,1H3,(H,25,26,27)/t14-,18-/m0/s1. The number of amidine groups is 1. The normalized spacial score (nSPS) is 22.2. The van der Waals surface area contributed by atoms with E-state index in [-0.39, 0.29) is 16.1 Å². The lowest BCUT2D eigenvalue weighted by molar-refractivity contribution is -0.208. The van der Waals surface area contributed by atoms with Crippen molar-refractivity contribution in [3.05, 3.63) is 70.5 Å². The summed E-state index contributed by atoms with van der Waals surface area (Å²) in [4.78, 5) is 16.4. The van der Waals surface area contributed by atoms with Crippen molar-refractivity contribution < 1.29 is 27.1 Å². The number of carbonyl (C=O) groups excluding carboxylic acids is 1. The minimum atomic E-state index is -4.74. The van der Waals surface area contributed by atoms with Gasteiger partial charge in [-0.25, -0.2) is 9.38 Å². The molecule has 0 saturated carbocycles. The zero-order valence-corrected chi connectivity index (χ0v) is 15.3. The van der Waals surface area contributed by atoms with E-state index < -0.39 is 42.0 Å². The molecule has 28 heavy (non-hydrogen) atoms. The lowest BCUT2D eigenvalue weighted by Gasteiger charge is -2.36. The molecule has 4 nitrogen and oxygen atoms in total. The molecule has 0 aromatic heterocycles. The summed E-state index contributed by atoms with van der Waals surface area (Å²) in [5.74, 6) is -1.57. The average Bonchev–Trinajstić information content (AvgIpc) is 2.63. The molecule has 1 aliphatic heterocycles. The molecule has 0 bridgehead atoms. The first-order valence-electron chi connectivity index (χ1n) is 8.24. The fourth-order valence-electron chi connectivity index (χ4n) is 2.92. The molecule has 0 fully saturated rings. The second kappa shape index (κ2) is 7.43. The number of rotatable bonds is 2. The summed E-state index contributed by atoms with van der Waals surface area (Å²) in [6, 6.07) is 11.2. The van der Waals surface area contributed by atoms with Crippen LogP contribution in [0.1, 0.15) is 29.3 Å². The van der Waals surface area contributed by atoms with Crippen molar-refractivity contribution in [3.8, 4) is 0 Å². The Bertz CT molecular complexity index is 918. The first kappa shape index (κ1) is 20.1. The van der Waals surface area contributed by atoms with Gasteiger partial charge in [-0.15, -0.1) is 0 Å². The minimum Gasteiger partial charge on any atom is -0.452 e. The van der Waals surface area contributed by atoms with Crippen LogP contribution in [0.15, 0.2) is 53.5 Å². The van der Waals surface area contributed by atoms with Crippen molar-refractivity contribution in [1.82, 2.24) is 5.32 Å².